The zero-order valence-corrected chi connectivity index (χ0v) is 9.83. The summed E-state index contributed by atoms with van der Waals surface area (Å²) in [6, 6.07) is 0.386. The van der Waals surface area contributed by atoms with Gasteiger partial charge in [-0.2, -0.15) is 0 Å². The molecule has 0 bridgehead atoms. The highest BCUT2D eigenvalue weighted by atomic mass is 16.4. The molecule has 0 spiro atoms. The van der Waals surface area contributed by atoms with Crippen LogP contribution in [0.25, 0.3) is 0 Å². The molecule has 0 amide bonds. The summed E-state index contributed by atoms with van der Waals surface area (Å²) in [6.07, 6.45) is 7.25. The Balaban J connectivity index is 2.43. The maximum Gasteiger partial charge on any atom is 0.306 e. The molecular weight excluding hydrogens is 190 g/mol. The third kappa shape index (κ3) is 3.82. The summed E-state index contributed by atoms with van der Waals surface area (Å²) in [5.41, 5.74) is 0. The van der Waals surface area contributed by atoms with Gasteiger partial charge in [0.05, 0.1) is 5.92 Å². The van der Waals surface area contributed by atoms with E-state index in [1.165, 1.54) is 32.1 Å². The van der Waals surface area contributed by atoms with E-state index in [0.29, 0.717) is 12.0 Å². The molecule has 0 aromatic rings. The molecule has 2 N–H and O–H groups in total. The maximum absolute atomic E-state index is 10.8. The van der Waals surface area contributed by atoms with E-state index in [0.717, 1.165) is 6.42 Å². The number of carbonyl (C=O) groups is 1. The average molecular weight is 213 g/mol. The normalized spacial score (nSPS) is 22.3. The lowest BCUT2D eigenvalue weighted by Gasteiger charge is -2.31. The van der Waals surface area contributed by atoms with Gasteiger partial charge in [0.15, 0.2) is 0 Å². The molecule has 88 valence electrons. The molecule has 1 fully saturated rings. The van der Waals surface area contributed by atoms with Crippen LogP contribution in [0.5, 0.6) is 0 Å². The van der Waals surface area contributed by atoms with Gasteiger partial charge in [0.1, 0.15) is 0 Å². The van der Waals surface area contributed by atoms with Crippen LogP contribution < -0.4 is 5.32 Å². The van der Waals surface area contributed by atoms with Gasteiger partial charge in [-0.25, -0.2) is 0 Å². The van der Waals surface area contributed by atoms with Crippen LogP contribution in [0.4, 0.5) is 0 Å². The molecule has 1 aliphatic rings. The van der Waals surface area contributed by atoms with E-state index < -0.39 is 5.97 Å². The second-order valence-corrected chi connectivity index (χ2v) is 4.77. The zero-order valence-electron chi connectivity index (χ0n) is 9.83. The van der Waals surface area contributed by atoms with Crippen molar-refractivity contribution in [1.29, 1.82) is 0 Å². The van der Waals surface area contributed by atoms with Gasteiger partial charge in [0, 0.05) is 6.04 Å². The smallest absolute Gasteiger partial charge is 0.306 e. The molecule has 0 aromatic heterocycles. The van der Waals surface area contributed by atoms with Crippen LogP contribution in [-0.4, -0.2) is 24.2 Å². The maximum atomic E-state index is 10.8. The van der Waals surface area contributed by atoms with Crippen molar-refractivity contribution in [2.75, 3.05) is 7.05 Å². The fourth-order valence-electron chi connectivity index (χ4n) is 2.56. The van der Waals surface area contributed by atoms with Crippen molar-refractivity contribution >= 4 is 5.97 Å². The monoisotopic (exact) mass is 213 g/mol. The minimum absolute atomic E-state index is 0.232. The fourth-order valence-corrected chi connectivity index (χ4v) is 2.56. The predicted octanol–water partition coefficient (Wildman–Crippen LogP) is 2.27. The van der Waals surface area contributed by atoms with E-state index >= 15 is 0 Å². The summed E-state index contributed by atoms with van der Waals surface area (Å²) in [6.45, 7) is 1.80. The lowest BCUT2D eigenvalue weighted by atomic mass is 9.81. The summed E-state index contributed by atoms with van der Waals surface area (Å²) in [5.74, 6) is -0.221. The van der Waals surface area contributed by atoms with Crippen LogP contribution in [0.3, 0.4) is 0 Å². The van der Waals surface area contributed by atoms with Gasteiger partial charge in [-0.1, -0.05) is 26.2 Å². The van der Waals surface area contributed by atoms with Crippen LogP contribution >= 0.6 is 0 Å². The number of rotatable bonds is 5. The van der Waals surface area contributed by atoms with Gasteiger partial charge in [-0.3, -0.25) is 4.79 Å². The van der Waals surface area contributed by atoms with Crippen molar-refractivity contribution in [1.82, 2.24) is 5.32 Å². The van der Waals surface area contributed by atoms with Crippen LogP contribution in [0.1, 0.15) is 45.4 Å². The first-order chi connectivity index (χ1) is 7.15. The van der Waals surface area contributed by atoms with Crippen LogP contribution in [0.15, 0.2) is 0 Å². The summed E-state index contributed by atoms with van der Waals surface area (Å²) in [7, 11) is 1.95. The molecule has 1 saturated carbocycles. The van der Waals surface area contributed by atoms with Gasteiger partial charge in [-0.05, 0) is 32.2 Å². The van der Waals surface area contributed by atoms with Gasteiger partial charge in [0.2, 0.25) is 0 Å². The van der Waals surface area contributed by atoms with Crippen molar-refractivity contribution in [3.63, 3.8) is 0 Å². The van der Waals surface area contributed by atoms with E-state index in [1.54, 1.807) is 6.92 Å². The van der Waals surface area contributed by atoms with E-state index in [4.69, 9.17) is 5.11 Å². The Kier molecular flexibility index (Phi) is 5.09. The average Bonchev–Trinajstić information content (AvgIpc) is 2.26. The van der Waals surface area contributed by atoms with Crippen LogP contribution in [0.2, 0.25) is 0 Å². The number of hydrogen-bond donors (Lipinski definition) is 2. The van der Waals surface area contributed by atoms with Crippen molar-refractivity contribution < 1.29 is 9.90 Å². The zero-order chi connectivity index (χ0) is 11.3. The van der Waals surface area contributed by atoms with E-state index in [1.807, 2.05) is 7.05 Å². The van der Waals surface area contributed by atoms with Crippen LogP contribution in [-0.2, 0) is 4.79 Å². The molecule has 2 unspecified atom stereocenters. The summed E-state index contributed by atoms with van der Waals surface area (Å²) in [5, 5.41) is 12.2. The second kappa shape index (κ2) is 6.11. The van der Waals surface area contributed by atoms with Crippen molar-refractivity contribution in [2.45, 2.75) is 51.5 Å². The van der Waals surface area contributed by atoms with E-state index in [-0.39, 0.29) is 5.92 Å². The highest BCUT2D eigenvalue weighted by Gasteiger charge is 2.25. The molecule has 0 aromatic carbocycles. The van der Waals surface area contributed by atoms with Gasteiger partial charge < -0.3 is 10.4 Å². The summed E-state index contributed by atoms with van der Waals surface area (Å²) >= 11 is 0. The van der Waals surface area contributed by atoms with Crippen molar-refractivity contribution in [3.8, 4) is 0 Å². The number of carboxylic acid groups (broad SMARTS) is 1. The fraction of sp³-hybridized carbons (Fsp3) is 0.917. The predicted molar refractivity (Wildman–Crippen MR) is 60.8 cm³/mol. The molecule has 0 aliphatic heterocycles. The standard InChI is InChI=1S/C12H23NO2/c1-9(12(14)15)8-11(13-2)10-6-4-3-5-7-10/h9-11,13H,3-8H2,1-2H3,(H,14,15). The summed E-state index contributed by atoms with van der Waals surface area (Å²) < 4.78 is 0. The quantitative estimate of drug-likeness (QED) is 0.736. The molecule has 15 heavy (non-hydrogen) atoms. The van der Waals surface area contributed by atoms with Gasteiger partial charge >= 0.3 is 5.97 Å². The Morgan fingerprint density at radius 2 is 2.00 bits per heavy atom. The molecule has 3 nitrogen and oxygen atoms in total. The third-order valence-electron chi connectivity index (χ3n) is 3.62. The Morgan fingerprint density at radius 1 is 1.40 bits per heavy atom. The molecule has 0 radical (unpaired) electrons. The molecule has 1 rings (SSSR count). The number of carboxylic acids is 1. The molecule has 1 aliphatic carbocycles. The third-order valence-corrected chi connectivity index (χ3v) is 3.62. The van der Waals surface area contributed by atoms with E-state index in [2.05, 4.69) is 5.32 Å². The largest absolute Gasteiger partial charge is 0.481 e. The van der Waals surface area contributed by atoms with E-state index in [9.17, 15) is 4.79 Å². The Labute approximate surface area is 92.3 Å². The van der Waals surface area contributed by atoms with Gasteiger partial charge in [0.25, 0.3) is 0 Å². The van der Waals surface area contributed by atoms with Crippen molar-refractivity contribution in [2.24, 2.45) is 11.8 Å². The minimum atomic E-state index is -0.675. The lowest BCUT2D eigenvalue weighted by Crippen LogP contribution is -2.37. The lowest BCUT2D eigenvalue weighted by molar-refractivity contribution is -0.141. The molecule has 0 saturated heterocycles. The highest BCUT2D eigenvalue weighted by molar-refractivity contribution is 5.69. The van der Waals surface area contributed by atoms with Crippen molar-refractivity contribution in [3.05, 3.63) is 0 Å². The molecule has 2 atom stereocenters. The van der Waals surface area contributed by atoms with Gasteiger partial charge in [-0.15, -0.1) is 0 Å². The first-order valence-electron chi connectivity index (χ1n) is 6.05. The topological polar surface area (TPSA) is 49.3 Å². The molecule has 0 heterocycles. The Hall–Kier alpha value is -0.570. The SMILES string of the molecule is CNC(CC(C)C(=O)O)C1CCCCC1. The second-order valence-electron chi connectivity index (χ2n) is 4.77. The Bertz CT molecular complexity index is 200. The minimum Gasteiger partial charge on any atom is -0.481 e. The molecular formula is C12H23NO2. The number of aliphatic carboxylic acids is 1. The van der Waals surface area contributed by atoms with Crippen LogP contribution in [0, 0.1) is 11.8 Å². The Morgan fingerprint density at radius 3 is 2.47 bits per heavy atom. The number of hydrogen-bond acceptors (Lipinski definition) is 2. The molecule has 3 heteroatoms. The first-order valence-corrected chi connectivity index (χ1v) is 6.05. The summed E-state index contributed by atoms with van der Waals surface area (Å²) in [4.78, 5) is 10.8. The number of nitrogens with one attached hydrogen (secondary N) is 1. The highest BCUT2D eigenvalue weighted by Crippen LogP contribution is 2.28. The first kappa shape index (κ1) is 12.5.